The monoisotopic (exact) mass is 538 g/mol. The molecule has 8 nitrogen and oxygen atoms in total. The topological polar surface area (TPSA) is 91.0 Å². The van der Waals surface area contributed by atoms with Crippen molar-refractivity contribution >= 4 is 38.7 Å². The molecule has 2 saturated heterocycles. The number of anilines is 4. The molecule has 204 valence electrons. The van der Waals surface area contributed by atoms with Gasteiger partial charge in [0.05, 0.1) is 35.0 Å². The fourth-order valence-electron chi connectivity index (χ4n) is 6.13. The van der Waals surface area contributed by atoms with Gasteiger partial charge in [0.1, 0.15) is 5.75 Å². The van der Waals surface area contributed by atoms with Crippen LogP contribution >= 0.6 is 0 Å². The number of rotatable bonds is 7. The predicted octanol–water partition coefficient (Wildman–Crippen LogP) is 5.01. The molecule has 1 spiro atoms. The maximum Gasteiger partial charge on any atom is 0.257 e. The van der Waals surface area contributed by atoms with E-state index >= 15 is 0 Å². The van der Waals surface area contributed by atoms with Crippen LogP contribution in [0.3, 0.4) is 0 Å². The molecule has 1 aliphatic carbocycles. The molecule has 4 aliphatic rings. The third kappa shape index (κ3) is 5.17. The van der Waals surface area contributed by atoms with Crippen molar-refractivity contribution in [1.29, 1.82) is 0 Å². The molecular weight excluding hydrogens is 500 g/mol. The maximum absolute atomic E-state index is 13.7. The summed E-state index contributed by atoms with van der Waals surface area (Å²) in [5, 5.41) is 3.17. The van der Waals surface area contributed by atoms with E-state index in [1.807, 2.05) is 12.1 Å². The van der Waals surface area contributed by atoms with E-state index in [2.05, 4.69) is 25.9 Å². The summed E-state index contributed by atoms with van der Waals surface area (Å²) in [4.78, 5) is 18.4. The Morgan fingerprint density at radius 3 is 2.34 bits per heavy atom. The maximum atomic E-state index is 13.7. The van der Waals surface area contributed by atoms with E-state index in [1.165, 1.54) is 32.1 Å². The number of amides is 1. The third-order valence-electron chi connectivity index (χ3n) is 8.74. The zero-order valence-corrected chi connectivity index (χ0v) is 23.0. The van der Waals surface area contributed by atoms with Gasteiger partial charge >= 0.3 is 0 Å². The summed E-state index contributed by atoms with van der Waals surface area (Å²) >= 11 is 0. The van der Waals surface area contributed by atoms with Gasteiger partial charge in [0.25, 0.3) is 5.91 Å². The number of nitrogens with zero attached hydrogens (tertiary/aromatic N) is 2. The van der Waals surface area contributed by atoms with Gasteiger partial charge in [0.15, 0.2) is 0 Å². The zero-order chi connectivity index (χ0) is 26.3. The first-order valence-corrected chi connectivity index (χ1v) is 15.8. The van der Waals surface area contributed by atoms with Crippen molar-refractivity contribution in [2.75, 3.05) is 58.4 Å². The molecule has 3 heterocycles. The number of hydrogen-bond acceptors (Lipinski definition) is 6. The minimum atomic E-state index is -3.42. The summed E-state index contributed by atoms with van der Waals surface area (Å²) in [6, 6.07) is 9.35. The van der Waals surface area contributed by atoms with E-state index in [4.69, 9.17) is 4.74 Å². The van der Waals surface area contributed by atoms with Gasteiger partial charge in [-0.05, 0) is 87.6 Å². The number of benzene rings is 2. The quantitative estimate of drug-likeness (QED) is 0.515. The van der Waals surface area contributed by atoms with Gasteiger partial charge < -0.3 is 19.9 Å². The van der Waals surface area contributed by atoms with Gasteiger partial charge in [-0.2, -0.15) is 0 Å². The zero-order valence-electron chi connectivity index (χ0n) is 22.2. The predicted molar refractivity (Wildman–Crippen MR) is 152 cm³/mol. The molecule has 0 bridgehead atoms. The Kier molecular flexibility index (Phi) is 6.66. The molecule has 3 aliphatic heterocycles. The average molecular weight is 539 g/mol. The Bertz CT molecular complexity index is 1320. The molecule has 38 heavy (non-hydrogen) atoms. The van der Waals surface area contributed by atoms with Crippen LogP contribution in [0.5, 0.6) is 5.75 Å². The van der Waals surface area contributed by atoms with Crippen molar-refractivity contribution in [3.63, 3.8) is 0 Å². The van der Waals surface area contributed by atoms with Crippen molar-refractivity contribution in [3.8, 4) is 5.75 Å². The van der Waals surface area contributed by atoms with Gasteiger partial charge in [-0.1, -0.05) is 0 Å². The molecule has 1 amide bonds. The molecule has 6 rings (SSSR count). The number of ether oxygens (including phenoxy) is 1. The molecule has 1 saturated carbocycles. The molecule has 2 N–H and O–H groups in total. The van der Waals surface area contributed by atoms with E-state index in [0.29, 0.717) is 23.3 Å². The molecule has 9 heteroatoms. The lowest BCUT2D eigenvalue weighted by atomic mass is 9.93. The molecular formula is C29H38N4O4S. The summed E-state index contributed by atoms with van der Waals surface area (Å²) in [6.07, 6.45) is 9.25. The minimum absolute atomic E-state index is 0.00179. The summed E-state index contributed by atoms with van der Waals surface area (Å²) in [5.41, 5.74) is 5.33. The van der Waals surface area contributed by atoms with Gasteiger partial charge in [0, 0.05) is 43.9 Å². The first-order valence-electron chi connectivity index (χ1n) is 14.1. The minimum Gasteiger partial charge on any atom is -0.491 e. The van der Waals surface area contributed by atoms with Gasteiger partial charge in [-0.3, -0.25) is 9.52 Å². The Labute approximate surface area is 225 Å². The number of carbonyl (C=O) groups excluding carboxylic acids is 1. The van der Waals surface area contributed by atoms with E-state index < -0.39 is 10.0 Å². The fourth-order valence-corrected chi connectivity index (χ4v) is 6.76. The first-order chi connectivity index (χ1) is 18.3. The highest BCUT2D eigenvalue weighted by molar-refractivity contribution is 7.92. The number of piperidine rings is 2. The Morgan fingerprint density at radius 1 is 0.921 bits per heavy atom. The fraction of sp³-hybridized carbons (Fsp3) is 0.552. The molecule has 2 aromatic rings. The van der Waals surface area contributed by atoms with Crippen LogP contribution in [0.4, 0.5) is 22.7 Å². The van der Waals surface area contributed by atoms with Crippen molar-refractivity contribution < 1.29 is 17.9 Å². The molecule has 0 aromatic heterocycles. The Hall–Kier alpha value is -2.94. The highest BCUT2D eigenvalue weighted by atomic mass is 32.2. The van der Waals surface area contributed by atoms with E-state index in [-0.39, 0.29) is 11.7 Å². The lowest BCUT2D eigenvalue weighted by molar-refractivity contribution is 0.102. The smallest absolute Gasteiger partial charge is 0.257 e. The molecule has 0 radical (unpaired) electrons. The Balaban J connectivity index is 1.29. The molecule has 2 aromatic carbocycles. The third-order valence-corrected chi connectivity index (χ3v) is 10.0. The van der Waals surface area contributed by atoms with Gasteiger partial charge in [0.2, 0.25) is 10.0 Å². The summed E-state index contributed by atoms with van der Waals surface area (Å²) < 4.78 is 33.1. The van der Waals surface area contributed by atoms with Crippen LogP contribution in [0.2, 0.25) is 0 Å². The van der Waals surface area contributed by atoms with E-state index in [1.54, 1.807) is 19.1 Å². The SMILES string of the molecule is CCS(=O)(=O)Nc1ccc(C(=O)Nc2cc3c(c(N4CCCCC4)c2)OCC3)c(N2CCC3(CC2)CC3)c1. The van der Waals surface area contributed by atoms with Crippen molar-refractivity contribution in [3.05, 3.63) is 41.5 Å². The number of carbonyl (C=O) groups is 1. The van der Waals surface area contributed by atoms with E-state index in [9.17, 15) is 13.2 Å². The number of fused-ring (bicyclic) bond motifs is 1. The first kappa shape index (κ1) is 25.3. The molecule has 0 atom stereocenters. The normalized spacial score (nSPS) is 20.1. The Morgan fingerprint density at radius 2 is 1.63 bits per heavy atom. The lowest BCUT2D eigenvalue weighted by Crippen LogP contribution is -2.35. The second-order valence-corrected chi connectivity index (χ2v) is 13.3. The van der Waals surface area contributed by atoms with Crippen LogP contribution in [-0.4, -0.2) is 52.9 Å². The van der Waals surface area contributed by atoms with Crippen LogP contribution in [0.15, 0.2) is 30.3 Å². The van der Waals surface area contributed by atoms with Crippen LogP contribution in [-0.2, 0) is 16.4 Å². The van der Waals surface area contributed by atoms with Gasteiger partial charge in [-0.25, -0.2) is 8.42 Å². The van der Waals surface area contributed by atoms with Crippen LogP contribution < -0.4 is 24.6 Å². The van der Waals surface area contributed by atoms with E-state index in [0.717, 1.165) is 73.8 Å². The van der Waals surface area contributed by atoms with Crippen LogP contribution in [0, 0.1) is 5.41 Å². The summed E-state index contributed by atoms with van der Waals surface area (Å²) in [7, 11) is -3.42. The number of nitrogens with one attached hydrogen (secondary N) is 2. The number of sulfonamides is 1. The van der Waals surface area contributed by atoms with Gasteiger partial charge in [-0.15, -0.1) is 0 Å². The lowest BCUT2D eigenvalue weighted by Gasteiger charge is -2.35. The highest BCUT2D eigenvalue weighted by Crippen LogP contribution is 2.54. The molecule has 0 unspecified atom stereocenters. The van der Waals surface area contributed by atoms with Crippen LogP contribution in [0.25, 0.3) is 0 Å². The number of hydrogen-bond donors (Lipinski definition) is 2. The largest absolute Gasteiger partial charge is 0.491 e. The standard InChI is InChI=1S/C29H38N4O4S/c1-2-38(35,36)31-22-6-7-24(25(19-22)33-15-11-29(9-10-29)12-16-33)28(34)30-23-18-21-8-17-37-27(21)26(20-23)32-13-4-3-5-14-32/h6-7,18-20,31H,2-5,8-17H2,1H3,(H,30,34). The van der Waals surface area contributed by atoms with Crippen molar-refractivity contribution in [1.82, 2.24) is 0 Å². The van der Waals surface area contributed by atoms with Crippen LogP contribution in [0.1, 0.15) is 67.8 Å². The summed E-state index contributed by atoms with van der Waals surface area (Å²) in [5.74, 6) is 0.776. The average Bonchev–Trinajstić information content (AvgIpc) is 3.50. The van der Waals surface area contributed by atoms with Crippen molar-refractivity contribution in [2.24, 2.45) is 5.41 Å². The summed E-state index contributed by atoms with van der Waals surface area (Å²) in [6.45, 7) is 6.04. The molecule has 3 fully saturated rings. The van der Waals surface area contributed by atoms with Crippen molar-refractivity contribution in [2.45, 2.75) is 58.3 Å². The second-order valence-electron chi connectivity index (χ2n) is 11.3. The second kappa shape index (κ2) is 9.98. The highest BCUT2D eigenvalue weighted by Gasteiger charge is 2.44.